The van der Waals surface area contributed by atoms with Gasteiger partial charge in [-0.25, -0.2) is 0 Å². The molecule has 0 radical (unpaired) electrons. The van der Waals surface area contributed by atoms with Crippen LogP contribution in [0, 0.1) is 22.2 Å². The minimum absolute atomic E-state index is 0.0227. The summed E-state index contributed by atoms with van der Waals surface area (Å²) in [5.74, 6) is -0.702. The SMILES string of the molecule is COC(=O)[C@]1(C)CCC2(C)CC[C@]3(C)c4ccc5c(c4=C(C)C(=O)[C@@]3(C)C2C1)=CC(=O)C(O)=C5C. The number of aliphatic hydroxyl groups excluding tert-OH is 1. The number of methoxy groups -OCH3 is 1. The molecule has 1 aromatic rings. The zero-order chi connectivity index (χ0) is 25.7. The molecule has 5 nitrogen and oxygen atoms in total. The van der Waals surface area contributed by atoms with E-state index < -0.39 is 22.0 Å². The lowest BCUT2D eigenvalue weighted by Crippen LogP contribution is -2.66. The minimum atomic E-state index is -0.688. The zero-order valence-corrected chi connectivity index (χ0v) is 21.9. The lowest BCUT2D eigenvalue weighted by Gasteiger charge is -2.65. The van der Waals surface area contributed by atoms with Gasteiger partial charge in [0, 0.05) is 22.0 Å². The van der Waals surface area contributed by atoms with Gasteiger partial charge in [-0.3, -0.25) is 14.4 Å². The number of aliphatic hydroxyl groups is 1. The highest BCUT2D eigenvalue weighted by Crippen LogP contribution is 2.68. The van der Waals surface area contributed by atoms with E-state index in [4.69, 9.17) is 4.74 Å². The van der Waals surface area contributed by atoms with Crippen LogP contribution in [0.4, 0.5) is 0 Å². The molecular weight excluding hydrogens is 440 g/mol. The molecule has 0 saturated heterocycles. The summed E-state index contributed by atoms with van der Waals surface area (Å²) in [6.07, 6.45) is 5.62. The predicted molar refractivity (Wildman–Crippen MR) is 135 cm³/mol. The van der Waals surface area contributed by atoms with Crippen LogP contribution in [-0.4, -0.2) is 29.8 Å². The Hall–Kier alpha value is -2.69. The molecule has 4 aliphatic rings. The summed E-state index contributed by atoms with van der Waals surface area (Å²) in [5, 5.41) is 11.8. The summed E-state index contributed by atoms with van der Waals surface area (Å²) >= 11 is 0. The summed E-state index contributed by atoms with van der Waals surface area (Å²) in [6, 6.07) is 4.10. The van der Waals surface area contributed by atoms with E-state index in [0.29, 0.717) is 17.6 Å². The van der Waals surface area contributed by atoms with Crippen molar-refractivity contribution in [2.24, 2.45) is 22.2 Å². The smallest absolute Gasteiger partial charge is 0.311 e. The van der Waals surface area contributed by atoms with Crippen molar-refractivity contribution in [1.82, 2.24) is 0 Å². The Morgan fingerprint density at radius 2 is 1.66 bits per heavy atom. The Balaban J connectivity index is 1.78. The fourth-order valence-electron chi connectivity index (χ4n) is 8.14. The Bertz CT molecular complexity index is 1370. The van der Waals surface area contributed by atoms with Crippen molar-refractivity contribution < 1.29 is 24.2 Å². The number of carbonyl (C=O) groups is 3. The van der Waals surface area contributed by atoms with Gasteiger partial charge >= 0.3 is 5.97 Å². The largest absolute Gasteiger partial charge is 0.504 e. The van der Waals surface area contributed by atoms with E-state index in [1.54, 1.807) is 6.92 Å². The van der Waals surface area contributed by atoms with Crippen molar-refractivity contribution in [1.29, 1.82) is 0 Å². The number of ketones is 2. The van der Waals surface area contributed by atoms with E-state index in [-0.39, 0.29) is 28.8 Å². The van der Waals surface area contributed by atoms with Crippen LogP contribution in [0.25, 0.3) is 17.2 Å². The lowest BCUT2D eigenvalue weighted by molar-refractivity contribution is -0.172. The third-order valence-corrected chi connectivity index (χ3v) is 10.8. The summed E-state index contributed by atoms with van der Waals surface area (Å²) in [6.45, 7) is 12.2. The second kappa shape index (κ2) is 7.18. The van der Waals surface area contributed by atoms with E-state index in [1.165, 1.54) is 13.2 Å². The molecule has 2 unspecified atom stereocenters. The minimum Gasteiger partial charge on any atom is -0.504 e. The van der Waals surface area contributed by atoms with Crippen molar-refractivity contribution in [2.75, 3.05) is 7.11 Å². The second-order valence-electron chi connectivity index (χ2n) is 12.4. The molecule has 0 heterocycles. The van der Waals surface area contributed by atoms with E-state index >= 15 is 0 Å². The molecule has 2 saturated carbocycles. The van der Waals surface area contributed by atoms with Crippen molar-refractivity contribution in [3.8, 4) is 0 Å². The number of Topliss-reactive ketones (excluding diaryl/α,β-unsaturated/α-hetero) is 2. The van der Waals surface area contributed by atoms with Crippen LogP contribution < -0.4 is 10.4 Å². The number of fused-ring (bicyclic) bond motifs is 7. The van der Waals surface area contributed by atoms with Crippen LogP contribution in [-0.2, 0) is 24.5 Å². The summed E-state index contributed by atoms with van der Waals surface area (Å²) < 4.78 is 5.20. The number of esters is 1. The maximum Gasteiger partial charge on any atom is 0.311 e. The van der Waals surface area contributed by atoms with Crippen LogP contribution in [0.2, 0.25) is 0 Å². The normalized spacial score (nSPS) is 38.1. The van der Waals surface area contributed by atoms with E-state index in [1.807, 2.05) is 19.9 Å². The standard InChI is InChI=1S/C30H36O5/c1-16-18-8-9-20-23(19(18)14-21(31)24(16)32)17(2)25(33)30(6)22-15-28(4,26(34)35-7)11-10-27(22,3)12-13-29(20,30)5/h8-9,14,22,32H,10-13,15H2,1-7H3/t22?,27?,28-,29-,30-/m1/s1. The van der Waals surface area contributed by atoms with E-state index in [2.05, 4.69) is 26.8 Å². The van der Waals surface area contributed by atoms with Gasteiger partial charge in [0.25, 0.3) is 0 Å². The van der Waals surface area contributed by atoms with Gasteiger partial charge < -0.3 is 9.84 Å². The maximum absolute atomic E-state index is 14.5. The van der Waals surface area contributed by atoms with Crippen LogP contribution in [0.15, 0.2) is 17.9 Å². The average Bonchev–Trinajstić information content (AvgIpc) is 2.83. The topological polar surface area (TPSA) is 80.7 Å². The lowest BCUT2D eigenvalue weighted by atomic mass is 9.37. The van der Waals surface area contributed by atoms with Crippen LogP contribution >= 0.6 is 0 Å². The first-order chi connectivity index (χ1) is 16.2. The van der Waals surface area contributed by atoms with Crippen molar-refractivity contribution >= 4 is 34.8 Å². The van der Waals surface area contributed by atoms with Crippen molar-refractivity contribution in [3.05, 3.63) is 39.5 Å². The first kappa shape index (κ1) is 24.0. The van der Waals surface area contributed by atoms with Crippen LogP contribution in [0.1, 0.15) is 84.8 Å². The highest BCUT2D eigenvalue weighted by atomic mass is 16.5. The molecule has 186 valence electrons. The third kappa shape index (κ3) is 2.78. The van der Waals surface area contributed by atoms with Gasteiger partial charge in [0.05, 0.1) is 12.5 Å². The van der Waals surface area contributed by atoms with Gasteiger partial charge in [0.2, 0.25) is 5.78 Å². The number of allylic oxidation sites excluding steroid dienone is 2. The summed E-state index contributed by atoms with van der Waals surface area (Å²) in [4.78, 5) is 39.9. The van der Waals surface area contributed by atoms with Crippen LogP contribution in [0.3, 0.4) is 0 Å². The molecule has 0 aromatic heterocycles. The van der Waals surface area contributed by atoms with E-state index in [9.17, 15) is 19.5 Å². The van der Waals surface area contributed by atoms with Crippen molar-refractivity contribution in [3.63, 3.8) is 0 Å². The molecule has 0 bridgehead atoms. The monoisotopic (exact) mass is 476 g/mol. The highest BCUT2D eigenvalue weighted by molar-refractivity contribution is 6.22. The Morgan fingerprint density at radius 1 is 1.00 bits per heavy atom. The first-order valence-corrected chi connectivity index (χ1v) is 12.7. The van der Waals surface area contributed by atoms with Crippen LogP contribution in [0.5, 0.6) is 0 Å². The fourth-order valence-corrected chi connectivity index (χ4v) is 8.14. The third-order valence-electron chi connectivity index (χ3n) is 10.8. The predicted octanol–water partition coefficient (Wildman–Crippen LogP) is 4.14. The number of hydrogen-bond donors (Lipinski definition) is 1. The Labute approximate surface area is 206 Å². The average molecular weight is 477 g/mol. The first-order valence-electron chi connectivity index (χ1n) is 12.7. The maximum atomic E-state index is 14.5. The molecule has 1 N–H and O–H groups in total. The molecule has 4 aliphatic carbocycles. The number of rotatable bonds is 1. The number of hydrogen-bond acceptors (Lipinski definition) is 5. The quantitative estimate of drug-likeness (QED) is 0.617. The van der Waals surface area contributed by atoms with E-state index in [0.717, 1.165) is 47.2 Å². The molecule has 1 aromatic carbocycles. The van der Waals surface area contributed by atoms with Gasteiger partial charge in [-0.15, -0.1) is 0 Å². The molecule has 2 fully saturated rings. The molecule has 5 atom stereocenters. The summed E-state index contributed by atoms with van der Waals surface area (Å²) in [5.41, 5.74) is 1.35. The number of ether oxygens (including phenoxy) is 1. The second-order valence-corrected chi connectivity index (χ2v) is 12.4. The highest BCUT2D eigenvalue weighted by Gasteiger charge is 2.67. The number of benzene rings is 1. The van der Waals surface area contributed by atoms with Gasteiger partial charge in [-0.05, 0) is 91.8 Å². The van der Waals surface area contributed by atoms with Gasteiger partial charge in [0.15, 0.2) is 11.5 Å². The molecule has 5 rings (SSSR count). The zero-order valence-electron chi connectivity index (χ0n) is 21.9. The van der Waals surface area contributed by atoms with Gasteiger partial charge in [-0.2, -0.15) is 0 Å². The Morgan fingerprint density at radius 3 is 2.31 bits per heavy atom. The van der Waals surface area contributed by atoms with Crippen molar-refractivity contribution in [2.45, 2.75) is 79.1 Å². The molecule has 5 heteroatoms. The molecule has 0 spiro atoms. The molecule has 35 heavy (non-hydrogen) atoms. The fraction of sp³-hybridized carbons (Fsp3) is 0.567. The van der Waals surface area contributed by atoms with Gasteiger partial charge in [-0.1, -0.05) is 32.9 Å². The molecule has 0 aliphatic heterocycles. The Kier molecular flexibility index (Phi) is 4.93. The molecular formula is C30H36O5. The number of carbonyl (C=O) groups excluding carboxylic acids is 3. The molecule has 0 amide bonds. The van der Waals surface area contributed by atoms with Gasteiger partial charge in [0.1, 0.15) is 0 Å². The summed E-state index contributed by atoms with van der Waals surface area (Å²) in [7, 11) is 1.45.